The molecule has 19 heavy (non-hydrogen) atoms. The summed E-state index contributed by atoms with van der Waals surface area (Å²) >= 11 is 5.81. The molecule has 104 valence electrons. The number of nitro benzene ring substituents is 1. The molecule has 1 heterocycles. The predicted octanol–water partition coefficient (Wildman–Crippen LogP) is 2.43. The molecule has 2 rings (SSSR count). The molecule has 5 nitrogen and oxygen atoms in total. The van der Waals surface area contributed by atoms with E-state index in [1.807, 2.05) is 13.1 Å². The van der Waals surface area contributed by atoms with Gasteiger partial charge in [-0.05, 0) is 38.1 Å². The van der Waals surface area contributed by atoms with Crippen molar-refractivity contribution >= 4 is 17.3 Å². The van der Waals surface area contributed by atoms with E-state index in [4.69, 9.17) is 11.6 Å². The van der Waals surface area contributed by atoms with Gasteiger partial charge in [0.25, 0.3) is 5.69 Å². The fourth-order valence-electron chi connectivity index (χ4n) is 2.49. The molecule has 1 fully saturated rings. The second-order valence-electron chi connectivity index (χ2n) is 4.91. The molecule has 0 aliphatic carbocycles. The quantitative estimate of drug-likeness (QED) is 0.681. The minimum Gasteiger partial charge on any atom is -0.316 e. The summed E-state index contributed by atoms with van der Waals surface area (Å²) in [5.74, 6) is 0. The smallest absolute Gasteiger partial charge is 0.288 e. The largest absolute Gasteiger partial charge is 0.316 e. The van der Waals surface area contributed by atoms with E-state index < -0.39 is 4.92 Å². The fourth-order valence-corrected chi connectivity index (χ4v) is 2.68. The van der Waals surface area contributed by atoms with Crippen molar-refractivity contribution in [1.82, 2.24) is 10.2 Å². The van der Waals surface area contributed by atoms with Gasteiger partial charge in [-0.2, -0.15) is 0 Å². The standard InChI is InChI=1S/C13H18ClN3O2/c1-15-11-3-2-6-16(9-11)8-10-4-5-12(14)13(7-10)17(18)19/h4-5,7,11,15H,2-3,6,8-9H2,1H3. The number of rotatable bonds is 4. The summed E-state index contributed by atoms with van der Waals surface area (Å²) in [5, 5.41) is 14.3. The molecule has 0 amide bonds. The number of piperidine rings is 1. The topological polar surface area (TPSA) is 58.4 Å². The summed E-state index contributed by atoms with van der Waals surface area (Å²) in [6.07, 6.45) is 2.34. The van der Waals surface area contributed by atoms with Gasteiger partial charge in [-0.15, -0.1) is 0 Å². The van der Waals surface area contributed by atoms with E-state index in [1.165, 1.54) is 6.42 Å². The van der Waals surface area contributed by atoms with Crippen LogP contribution in [0.1, 0.15) is 18.4 Å². The summed E-state index contributed by atoms with van der Waals surface area (Å²) in [6, 6.07) is 5.55. The Morgan fingerprint density at radius 3 is 3.05 bits per heavy atom. The predicted molar refractivity (Wildman–Crippen MR) is 75.5 cm³/mol. The molecule has 1 N–H and O–H groups in total. The van der Waals surface area contributed by atoms with E-state index in [-0.39, 0.29) is 10.7 Å². The first-order valence-corrected chi connectivity index (χ1v) is 6.80. The molecule has 1 atom stereocenters. The minimum absolute atomic E-state index is 0.0126. The Kier molecular flexibility index (Phi) is 4.74. The van der Waals surface area contributed by atoms with Crippen molar-refractivity contribution in [2.75, 3.05) is 20.1 Å². The van der Waals surface area contributed by atoms with Crippen molar-refractivity contribution in [3.05, 3.63) is 38.9 Å². The summed E-state index contributed by atoms with van der Waals surface area (Å²) < 4.78 is 0. The molecule has 0 aromatic heterocycles. The van der Waals surface area contributed by atoms with Gasteiger partial charge in [0.05, 0.1) is 4.92 Å². The van der Waals surface area contributed by atoms with Crippen LogP contribution in [0.25, 0.3) is 0 Å². The van der Waals surface area contributed by atoms with Crippen molar-refractivity contribution in [2.24, 2.45) is 0 Å². The van der Waals surface area contributed by atoms with Crippen molar-refractivity contribution in [2.45, 2.75) is 25.4 Å². The number of likely N-dealkylation sites (N-methyl/N-ethyl adjacent to an activating group) is 1. The van der Waals surface area contributed by atoms with Crippen LogP contribution in [-0.2, 0) is 6.54 Å². The zero-order valence-electron chi connectivity index (χ0n) is 10.9. The normalized spacial score (nSPS) is 20.4. The highest BCUT2D eigenvalue weighted by Gasteiger charge is 2.19. The number of benzene rings is 1. The van der Waals surface area contributed by atoms with Gasteiger partial charge >= 0.3 is 0 Å². The molecule has 6 heteroatoms. The maximum atomic E-state index is 10.9. The maximum Gasteiger partial charge on any atom is 0.288 e. The third-order valence-electron chi connectivity index (χ3n) is 3.53. The van der Waals surface area contributed by atoms with Gasteiger partial charge in [0.15, 0.2) is 0 Å². The van der Waals surface area contributed by atoms with Crippen LogP contribution < -0.4 is 5.32 Å². The van der Waals surface area contributed by atoms with Gasteiger partial charge in [0.2, 0.25) is 0 Å². The third-order valence-corrected chi connectivity index (χ3v) is 3.85. The van der Waals surface area contributed by atoms with Crippen LogP contribution in [0.15, 0.2) is 18.2 Å². The van der Waals surface area contributed by atoms with Crippen molar-refractivity contribution in [3.63, 3.8) is 0 Å². The first-order valence-electron chi connectivity index (χ1n) is 6.42. The van der Waals surface area contributed by atoms with Gasteiger partial charge in [-0.25, -0.2) is 0 Å². The summed E-state index contributed by atoms with van der Waals surface area (Å²) in [7, 11) is 1.97. The first kappa shape index (κ1) is 14.2. The third kappa shape index (κ3) is 3.65. The lowest BCUT2D eigenvalue weighted by atomic mass is 10.0. The van der Waals surface area contributed by atoms with Gasteiger partial charge in [-0.1, -0.05) is 17.7 Å². The van der Waals surface area contributed by atoms with Gasteiger partial charge < -0.3 is 5.32 Å². The van der Waals surface area contributed by atoms with Crippen LogP contribution >= 0.6 is 11.6 Å². The van der Waals surface area contributed by atoms with Crippen LogP contribution in [0.2, 0.25) is 5.02 Å². The number of nitrogens with zero attached hydrogens (tertiary/aromatic N) is 2. The molecule has 1 aliphatic heterocycles. The molecule has 1 aromatic carbocycles. The van der Waals surface area contributed by atoms with E-state index >= 15 is 0 Å². The number of nitro groups is 1. The summed E-state index contributed by atoms with van der Waals surface area (Å²) in [5.41, 5.74) is 0.925. The van der Waals surface area contributed by atoms with E-state index in [2.05, 4.69) is 10.2 Å². The molecular weight excluding hydrogens is 266 g/mol. The lowest BCUT2D eigenvalue weighted by Gasteiger charge is -2.32. The van der Waals surface area contributed by atoms with Crippen molar-refractivity contribution in [1.29, 1.82) is 0 Å². The lowest BCUT2D eigenvalue weighted by Crippen LogP contribution is -2.43. The van der Waals surface area contributed by atoms with E-state index in [0.29, 0.717) is 6.04 Å². The fraction of sp³-hybridized carbons (Fsp3) is 0.538. The molecule has 1 unspecified atom stereocenters. The van der Waals surface area contributed by atoms with Gasteiger partial charge in [0.1, 0.15) is 5.02 Å². The van der Waals surface area contributed by atoms with Crippen LogP contribution in [-0.4, -0.2) is 36.0 Å². The SMILES string of the molecule is CNC1CCCN(Cc2ccc(Cl)c([N+](=O)[O-])c2)C1. The Morgan fingerprint density at radius 1 is 1.58 bits per heavy atom. The van der Waals surface area contributed by atoms with Crippen LogP contribution in [0.3, 0.4) is 0 Å². The average Bonchev–Trinajstić information content (AvgIpc) is 2.41. The Balaban J connectivity index is 2.06. The Labute approximate surface area is 117 Å². The van der Waals surface area contributed by atoms with Crippen LogP contribution in [0.4, 0.5) is 5.69 Å². The van der Waals surface area contributed by atoms with E-state index in [1.54, 1.807) is 12.1 Å². The summed E-state index contributed by atoms with van der Waals surface area (Å²) in [6.45, 7) is 2.75. The molecule has 0 radical (unpaired) electrons. The summed E-state index contributed by atoms with van der Waals surface area (Å²) in [4.78, 5) is 12.7. The first-order chi connectivity index (χ1) is 9.10. The molecule has 0 bridgehead atoms. The van der Waals surface area contributed by atoms with Gasteiger partial charge in [0, 0.05) is 25.2 Å². The highest BCUT2D eigenvalue weighted by Crippen LogP contribution is 2.26. The molecule has 1 saturated heterocycles. The number of hydrogen-bond donors (Lipinski definition) is 1. The van der Waals surface area contributed by atoms with E-state index in [9.17, 15) is 10.1 Å². The molecular formula is C13H18ClN3O2. The van der Waals surface area contributed by atoms with Gasteiger partial charge in [-0.3, -0.25) is 15.0 Å². The zero-order valence-corrected chi connectivity index (χ0v) is 11.7. The number of nitrogens with one attached hydrogen (secondary N) is 1. The number of halogens is 1. The molecule has 0 spiro atoms. The highest BCUT2D eigenvalue weighted by atomic mass is 35.5. The second-order valence-corrected chi connectivity index (χ2v) is 5.31. The van der Waals surface area contributed by atoms with Crippen molar-refractivity contribution < 1.29 is 4.92 Å². The number of likely N-dealkylation sites (tertiary alicyclic amines) is 1. The monoisotopic (exact) mass is 283 g/mol. The average molecular weight is 284 g/mol. The molecule has 1 aliphatic rings. The van der Waals surface area contributed by atoms with Crippen LogP contribution in [0.5, 0.6) is 0 Å². The zero-order chi connectivity index (χ0) is 13.8. The molecule has 0 saturated carbocycles. The molecule has 1 aromatic rings. The Bertz CT molecular complexity index is 467. The highest BCUT2D eigenvalue weighted by molar-refractivity contribution is 6.32. The maximum absolute atomic E-state index is 10.9. The van der Waals surface area contributed by atoms with Crippen molar-refractivity contribution in [3.8, 4) is 0 Å². The number of hydrogen-bond acceptors (Lipinski definition) is 4. The minimum atomic E-state index is -0.432. The Morgan fingerprint density at radius 2 is 2.37 bits per heavy atom. The second kappa shape index (κ2) is 6.32. The van der Waals surface area contributed by atoms with E-state index in [0.717, 1.165) is 31.6 Å². The van der Waals surface area contributed by atoms with Crippen LogP contribution in [0, 0.1) is 10.1 Å². The Hall–Kier alpha value is -1.17. The lowest BCUT2D eigenvalue weighted by molar-refractivity contribution is -0.384.